The van der Waals surface area contributed by atoms with E-state index in [0.717, 1.165) is 30.3 Å². The molecule has 0 aliphatic heterocycles. The van der Waals surface area contributed by atoms with Crippen LogP contribution in [0.25, 0.3) is 0 Å². The summed E-state index contributed by atoms with van der Waals surface area (Å²) in [5, 5.41) is 3.68. The van der Waals surface area contributed by atoms with Crippen LogP contribution in [0.1, 0.15) is 71.6 Å². The van der Waals surface area contributed by atoms with Gasteiger partial charge in [0, 0.05) is 6.04 Å². The van der Waals surface area contributed by atoms with Crippen LogP contribution in [0.4, 0.5) is 0 Å². The molecule has 2 aliphatic rings. The van der Waals surface area contributed by atoms with Gasteiger partial charge in [-0.15, -0.1) is 0 Å². The van der Waals surface area contributed by atoms with E-state index >= 15 is 0 Å². The third-order valence-corrected chi connectivity index (χ3v) is 5.27. The van der Waals surface area contributed by atoms with Gasteiger partial charge in [0.2, 0.25) is 0 Å². The molecule has 1 heteroatoms. The average Bonchev–Trinajstić information content (AvgIpc) is 2.40. The summed E-state index contributed by atoms with van der Waals surface area (Å²) in [7, 11) is 0. The van der Waals surface area contributed by atoms with Gasteiger partial charge in [0.15, 0.2) is 0 Å². The van der Waals surface area contributed by atoms with Crippen LogP contribution in [0.5, 0.6) is 0 Å². The van der Waals surface area contributed by atoms with Crippen molar-refractivity contribution in [3.8, 4) is 0 Å². The zero-order chi connectivity index (χ0) is 12.1. The Balaban J connectivity index is 1.83. The van der Waals surface area contributed by atoms with Gasteiger partial charge in [0.25, 0.3) is 0 Å². The van der Waals surface area contributed by atoms with Crippen molar-refractivity contribution in [2.45, 2.75) is 77.7 Å². The van der Waals surface area contributed by atoms with Crippen LogP contribution in [0, 0.1) is 17.8 Å². The molecule has 4 atom stereocenters. The minimum absolute atomic E-state index is 0.834. The van der Waals surface area contributed by atoms with Crippen molar-refractivity contribution >= 4 is 0 Å². The Kier molecular flexibility index (Phi) is 5.34. The fraction of sp³-hybridized carbons (Fsp3) is 1.00. The zero-order valence-electron chi connectivity index (χ0n) is 11.9. The van der Waals surface area contributed by atoms with Crippen LogP contribution in [-0.4, -0.2) is 12.6 Å². The molecule has 0 aromatic heterocycles. The molecule has 17 heavy (non-hydrogen) atoms. The molecule has 0 spiro atoms. The second kappa shape index (κ2) is 6.78. The highest BCUT2D eigenvalue weighted by Crippen LogP contribution is 2.41. The monoisotopic (exact) mass is 237 g/mol. The molecule has 0 aromatic rings. The Morgan fingerprint density at radius 2 is 1.59 bits per heavy atom. The molecule has 100 valence electrons. The van der Waals surface area contributed by atoms with Gasteiger partial charge >= 0.3 is 0 Å². The molecule has 2 saturated carbocycles. The van der Waals surface area contributed by atoms with Gasteiger partial charge in [0.05, 0.1) is 0 Å². The second-order valence-corrected chi connectivity index (χ2v) is 6.38. The van der Waals surface area contributed by atoms with Gasteiger partial charge in [-0.1, -0.05) is 52.4 Å². The van der Waals surface area contributed by atoms with Crippen molar-refractivity contribution < 1.29 is 0 Å². The standard InChI is InChI=1S/C16H31N/c1-3-13-7-5-8-14(11-13)15-9-6-10-16(12-15)17-4-2/h13-17H,3-12H2,1-2H3. The van der Waals surface area contributed by atoms with Gasteiger partial charge in [-0.05, 0) is 43.6 Å². The number of rotatable bonds is 4. The Morgan fingerprint density at radius 3 is 2.29 bits per heavy atom. The SMILES string of the molecule is CCNC1CCCC(C2CCCC(CC)C2)C1. The summed E-state index contributed by atoms with van der Waals surface area (Å²) in [6.07, 6.45) is 13.4. The van der Waals surface area contributed by atoms with E-state index in [1.165, 1.54) is 51.4 Å². The first kappa shape index (κ1) is 13.4. The highest BCUT2D eigenvalue weighted by atomic mass is 14.9. The molecule has 0 aromatic carbocycles. The lowest BCUT2D eigenvalue weighted by Crippen LogP contribution is -2.37. The molecule has 2 aliphatic carbocycles. The molecule has 0 bridgehead atoms. The highest BCUT2D eigenvalue weighted by Gasteiger charge is 2.31. The average molecular weight is 237 g/mol. The van der Waals surface area contributed by atoms with Gasteiger partial charge in [0.1, 0.15) is 0 Å². The summed E-state index contributed by atoms with van der Waals surface area (Å²) in [6, 6.07) is 0.834. The Labute approximate surface area is 108 Å². The molecule has 0 amide bonds. The lowest BCUT2D eigenvalue weighted by molar-refractivity contribution is 0.141. The minimum Gasteiger partial charge on any atom is -0.314 e. The second-order valence-electron chi connectivity index (χ2n) is 6.38. The summed E-state index contributed by atoms with van der Waals surface area (Å²) in [4.78, 5) is 0. The van der Waals surface area contributed by atoms with E-state index in [0.29, 0.717) is 0 Å². The van der Waals surface area contributed by atoms with E-state index in [1.54, 1.807) is 6.42 Å². The number of hydrogen-bond acceptors (Lipinski definition) is 1. The molecule has 1 N–H and O–H groups in total. The van der Waals surface area contributed by atoms with Crippen molar-refractivity contribution in [3.63, 3.8) is 0 Å². The first-order chi connectivity index (χ1) is 8.33. The number of hydrogen-bond donors (Lipinski definition) is 1. The lowest BCUT2D eigenvalue weighted by atomic mass is 9.69. The Morgan fingerprint density at radius 1 is 0.882 bits per heavy atom. The number of nitrogens with one attached hydrogen (secondary N) is 1. The highest BCUT2D eigenvalue weighted by molar-refractivity contribution is 4.84. The lowest BCUT2D eigenvalue weighted by Gasteiger charge is -2.39. The van der Waals surface area contributed by atoms with Crippen LogP contribution in [0.3, 0.4) is 0 Å². The van der Waals surface area contributed by atoms with Gasteiger partial charge in [-0.3, -0.25) is 0 Å². The third-order valence-electron chi connectivity index (χ3n) is 5.27. The van der Waals surface area contributed by atoms with E-state index in [1.807, 2.05) is 0 Å². The smallest absolute Gasteiger partial charge is 0.00696 e. The summed E-state index contributed by atoms with van der Waals surface area (Å²) in [5.74, 6) is 3.16. The molecule has 2 rings (SSSR count). The molecule has 1 nitrogen and oxygen atoms in total. The zero-order valence-corrected chi connectivity index (χ0v) is 11.9. The predicted octanol–water partition coefficient (Wildman–Crippen LogP) is 4.37. The molecular formula is C16H31N. The fourth-order valence-corrected chi connectivity index (χ4v) is 4.26. The predicted molar refractivity (Wildman–Crippen MR) is 75.2 cm³/mol. The Bertz CT molecular complexity index is 212. The van der Waals surface area contributed by atoms with Crippen LogP contribution in [0.15, 0.2) is 0 Å². The summed E-state index contributed by atoms with van der Waals surface area (Å²) >= 11 is 0. The molecule has 0 saturated heterocycles. The third kappa shape index (κ3) is 3.71. The molecular weight excluding hydrogens is 206 g/mol. The van der Waals surface area contributed by atoms with Crippen LogP contribution >= 0.6 is 0 Å². The maximum Gasteiger partial charge on any atom is 0.00696 e. The van der Waals surface area contributed by atoms with Crippen molar-refractivity contribution in [3.05, 3.63) is 0 Å². The van der Waals surface area contributed by atoms with E-state index < -0.39 is 0 Å². The van der Waals surface area contributed by atoms with Gasteiger partial charge in [-0.2, -0.15) is 0 Å². The molecule has 0 radical (unpaired) electrons. The van der Waals surface area contributed by atoms with Crippen LogP contribution in [0.2, 0.25) is 0 Å². The van der Waals surface area contributed by atoms with E-state index in [4.69, 9.17) is 0 Å². The van der Waals surface area contributed by atoms with E-state index in [-0.39, 0.29) is 0 Å². The van der Waals surface area contributed by atoms with Crippen molar-refractivity contribution in [1.29, 1.82) is 0 Å². The van der Waals surface area contributed by atoms with Crippen LogP contribution in [-0.2, 0) is 0 Å². The largest absolute Gasteiger partial charge is 0.314 e. The fourth-order valence-electron chi connectivity index (χ4n) is 4.26. The first-order valence-electron chi connectivity index (χ1n) is 8.06. The molecule has 2 fully saturated rings. The summed E-state index contributed by atoms with van der Waals surface area (Å²) < 4.78 is 0. The Hall–Kier alpha value is -0.0400. The van der Waals surface area contributed by atoms with Gasteiger partial charge in [-0.25, -0.2) is 0 Å². The van der Waals surface area contributed by atoms with Crippen molar-refractivity contribution in [2.75, 3.05) is 6.54 Å². The van der Waals surface area contributed by atoms with E-state index in [9.17, 15) is 0 Å². The summed E-state index contributed by atoms with van der Waals surface area (Å²) in [5.41, 5.74) is 0. The van der Waals surface area contributed by atoms with Gasteiger partial charge < -0.3 is 5.32 Å². The minimum atomic E-state index is 0.834. The quantitative estimate of drug-likeness (QED) is 0.765. The normalized spacial score (nSPS) is 39.2. The maximum absolute atomic E-state index is 3.68. The first-order valence-corrected chi connectivity index (χ1v) is 8.06. The van der Waals surface area contributed by atoms with Crippen LogP contribution < -0.4 is 5.32 Å². The maximum atomic E-state index is 3.68. The van der Waals surface area contributed by atoms with Crippen molar-refractivity contribution in [1.82, 2.24) is 5.32 Å². The molecule has 4 unspecified atom stereocenters. The topological polar surface area (TPSA) is 12.0 Å². The summed E-state index contributed by atoms with van der Waals surface area (Å²) in [6.45, 7) is 5.78. The molecule has 0 heterocycles. The van der Waals surface area contributed by atoms with E-state index in [2.05, 4.69) is 19.2 Å². The van der Waals surface area contributed by atoms with Crippen molar-refractivity contribution in [2.24, 2.45) is 17.8 Å².